The first-order chi connectivity index (χ1) is 9.09. The number of amides is 1. The van der Waals surface area contributed by atoms with Crippen LogP contribution in [0.5, 0.6) is 0 Å². The van der Waals surface area contributed by atoms with Crippen molar-refractivity contribution in [2.45, 2.75) is 31.7 Å². The van der Waals surface area contributed by atoms with Gasteiger partial charge in [-0.05, 0) is 32.9 Å². The molecular weight excluding hydrogens is 345 g/mol. The summed E-state index contributed by atoms with van der Waals surface area (Å²) in [5.41, 5.74) is 0.133. The Morgan fingerprint density at radius 3 is 2.25 bits per heavy atom. The Morgan fingerprint density at radius 2 is 1.85 bits per heavy atom. The van der Waals surface area contributed by atoms with Crippen LogP contribution in [0, 0.1) is 0 Å². The van der Waals surface area contributed by atoms with Gasteiger partial charge in [0.15, 0.2) is 0 Å². The lowest BCUT2D eigenvalue weighted by Crippen LogP contribution is -2.36. The fourth-order valence-corrected chi connectivity index (χ4v) is 3.54. The molecule has 0 bridgehead atoms. The monoisotopic (exact) mass is 357 g/mol. The van der Waals surface area contributed by atoms with Gasteiger partial charge in [0.25, 0.3) is 15.0 Å². The highest BCUT2D eigenvalue weighted by Gasteiger charge is 2.23. The van der Waals surface area contributed by atoms with E-state index in [4.69, 9.17) is 33.9 Å². The number of halogens is 3. The summed E-state index contributed by atoms with van der Waals surface area (Å²) in [5.74, 6) is -0.331. The van der Waals surface area contributed by atoms with Crippen molar-refractivity contribution in [1.82, 2.24) is 4.90 Å². The second kappa shape index (κ2) is 6.52. The van der Waals surface area contributed by atoms with Crippen LogP contribution in [-0.2, 0) is 9.05 Å². The molecule has 0 atom stereocenters. The summed E-state index contributed by atoms with van der Waals surface area (Å²) in [6.45, 7) is 6.03. The minimum Gasteiger partial charge on any atom is -0.337 e. The van der Waals surface area contributed by atoms with Crippen LogP contribution in [0.4, 0.5) is 0 Å². The molecule has 0 fully saturated rings. The van der Waals surface area contributed by atoms with Gasteiger partial charge in [-0.2, -0.15) is 0 Å². The summed E-state index contributed by atoms with van der Waals surface area (Å²) in [7, 11) is 1.21. The molecule has 1 aromatic carbocycles. The fourth-order valence-electron chi connectivity index (χ4n) is 1.77. The van der Waals surface area contributed by atoms with Gasteiger partial charge < -0.3 is 4.90 Å². The van der Waals surface area contributed by atoms with Crippen LogP contribution < -0.4 is 0 Å². The third-order valence-corrected chi connectivity index (χ3v) is 4.99. The van der Waals surface area contributed by atoms with Crippen molar-refractivity contribution in [1.29, 1.82) is 0 Å². The Hall–Kier alpha value is -0.490. The Labute approximate surface area is 133 Å². The van der Waals surface area contributed by atoms with Crippen molar-refractivity contribution in [2.75, 3.05) is 6.54 Å². The average molecular weight is 359 g/mol. The average Bonchev–Trinajstić information content (AvgIpc) is 2.31. The molecule has 0 N–H and O–H groups in total. The van der Waals surface area contributed by atoms with Gasteiger partial charge in [-0.25, -0.2) is 8.42 Å². The molecule has 112 valence electrons. The first kappa shape index (κ1) is 17.6. The van der Waals surface area contributed by atoms with Crippen LogP contribution >= 0.6 is 33.9 Å². The maximum Gasteiger partial charge on any atom is 0.262 e. The van der Waals surface area contributed by atoms with E-state index in [1.165, 1.54) is 6.07 Å². The summed E-state index contributed by atoms with van der Waals surface area (Å²) in [4.78, 5) is 13.6. The highest BCUT2D eigenvalue weighted by Crippen LogP contribution is 2.33. The molecular formula is C12H14Cl3NO3S. The quantitative estimate of drug-likeness (QED) is 0.769. The third kappa shape index (κ3) is 3.79. The molecule has 0 radical (unpaired) electrons. The number of benzene rings is 1. The first-order valence-electron chi connectivity index (χ1n) is 5.84. The van der Waals surface area contributed by atoms with Crippen LogP contribution in [0.2, 0.25) is 10.0 Å². The minimum atomic E-state index is -4.08. The molecule has 4 nitrogen and oxygen atoms in total. The largest absolute Gasteiger partial charge is 0.337 e. The predicted molar refractivity (Wildman–Crippen MR) is 81.3 cm³/mol. The van der Waals surface area contributed by atoms with Gasteiger partial charge in [0.05, 0.1) is 10.0 Å². The van der Waals surface area contributed by atoms with Crippen molar-refractivity contribution in [3.63, 3.8) is 0 Å². The van der Waals surface area contributed by atoms with E-state index in [0.29, 0.717) is 6.54 Å². The second-order valence-electron chi connectivity index (χ2n) is 4.39. The van der Waals surface area contributed by atoms with Crippen molar-refractivity contribution in [3.8, 4) is 0 Å². The maximum atomic E-state index is 12.3. The van der Waals surface area contributed by atoms with E-state index >= 15 is 0 Å². The number of carbonyl (C=O) groups is 1. The fraction of sp³-hybridized carbons (Fsp3) is 0.417. The highest BCUT2D eigenvalue weighted by atomic mass is 35.7. The molecule has 20 heavy (non-hydrogen) atoms. The standard InChI is InChI=1S/C12H14Cl3NO3S/c1-4-16(7(2)3)12(17)8-5-9(13)11(14)10(6-8)20(15,18)19/h5-7H,4H2,1-3H3. The molecule has 0 saturated carbocycles. The number of rotatable bonds is 4. The summed E-state index contributed by atoms with van der Waals surface area (Å²) in [5, 5.41) is -0.220. The van der Waals surface area contributed by atoms with Crippen LogP contribution in [0.1, 0.15) is 31.1 Å². The zero-order valence-electron chi connectivity index (χ0n) is 11.2. The van der Waals surface area contributed by atoms with E-state index < -0.39 is 9.05 Å². The van der Waals surface area contributed by atoms with Gasteiger partial charge >= 0.3 is 0 Å². The molecule has 0 spiro atoms. The summed E-state index contributed by atoms with van der Waals surface area (Å²) in [6, 6.07) is 2.45. The van der Waals surface area contributed by atoms with E-state index in [-0.39, 0.29) is 32.5 Å². The van der Waals surface area contributed by atoms with Crippen LogP contribution in [0.3, 0.4) is 0 Å². The SMILES string of the molecule is CCN(C(=O)c1cc(Cl)c(Cl)c(S(=O)(=O)Cl)c1)C(C)C. The predicted octanol–water partition coefficient (Wildman–Crippen LogP) is 3.79. The smallest absolute Gasteiger partial charge is 0.262 e. The van der Waals surface area contributed by atoms with Gasteiger partial charge in [0.1, 0.15) is 4.90 Å². The lowest BCUT2D eigenvalue weighted by atomic mass is 10.1. The normalized spacial score (nSPS) is 11.8. The molecule has 1 amide bonds. The van der Waals surface area contributed by atoms with Gasteiger partial charge in [-0.1, -0.05) is 23.2 Å². The summed E-state index contributed by atoms with van der Waals surface area (Å²) >= 11 is 11.7. The topological polar surface area (TPSA) is 54.5 Å². The van der Waals surface area contributed by atoms with E-state index in [9.17, 15) is 13.2 Å². The lowest BCUT2D eigenvalue weighted by molar-refractivity contribution is 0.0716. The van der Waals surface area contributed by atoms with E-state index in [2.05, 4.69) is 0 Å². The zero-order chi connectivity index (χ0) is 15.7. The molecule has 1 rings (SSSR count). The second-order valence-corrected chi connectivity index (χ2v) is 7.71. The Balaban J connectivity index is 3.42. The van der Waals surface area contributed by atoms with Gasteiger partial charge in [0.2, 0.25) is 0 Å². The Morgan fingerprint density at radius 1 is 1.30 bits per heavy atom. The van der Waals surface area contributed by atoms with Crippen molar-refractivity contribution >= 4 is 48.8 Å². The molecule has 1 aromatic rings. The number of carbonyl (C=O) groups excluding carboxylic acids is 1. The van der Waals surface area contributed by atoms with Gasteiger partial charge in [-0.3, -0.25) is 4.79 Å². The van der Waals surface area contributed by atoms with E-state index in [1.54, 1.807) is 4.90 Å². The first-order valence-corrected chi connectivity index (χ1v) is 8.90. The molecule has 8 heteroatoms. The van der Waals surface area contributed by atoms with Crippen LogP contribution in [0.15, 0.2) is 17.0 Å². The molecule has 0 aliphatic rings. The zero-order valence-corrected chi connectivity index (χ0v) is 14.2. The van der Waals surface area contributed by atoms with Gasteiger partial charge in [-0.15, -0.1) is 0 Å². The molecule has 0 heterocycles. The van der Waals surface area contributed by atoms with Crippen molar-refractivity contribution in [3.05, 3.63) is 27.7 Å². The van der Waals surface area contributed by atoms with Crippen molar-refractivity contribution in [2.24, 2.45) is 0 Å². The highest BCUT2D eigenvalue weighted by molar-refractivity contribution is 8.13. The molecule has 0 aromatic heterocycles. The molecule has 0 aliphatic heterocycles. The Kier molecular flexibility index (Phi) is 5.72. The molecule has 0 saturated heterocycles. The Bertz CT molecular complexity index is 629. The van der Waals surface area contributed by atoms with Crippen LogP contribution in [-0.4, -0.2) is 31.8 Å². The van der Waals surface area contributed by atoms with Crippen LogP contribution in [0.25, 0.3) is 0 Å². The van der Waals surface area contributed by atoms with Gasteiger partial charge in [0, 0.05) is 28.8 Å². The summed E-state index contributed by atoms with van der Waals surface area (Å²) in [6.07, 6.45) is 0. The van der Waals surface area contributed by atoms with E-state index in [0.717, 1.165) is 6.07 Å². The summed E-state index contributed by atoms with van der Waals surface area (Å²) < 4.78 is 22.9. The number of hydrogen-bond acceptors (Lipinski definition) is 3. The lowest BCUT2D eigenvalue weighted by Gasteiger charge is -2.25. The maximum absolute atomic E-state index is 12.3. The number of hydrogen-bond donors (Lipinski definition) is 0. The minimum absolute atomic E-state index is 0.0296. The third-order valence-electron chi connectivity index (χ3n) is 2.73. The van der Waals surface area contributed by atoms with E-state index in [1.807, 2.05) is 20.8 Å². The molecule has 0 unspecified atom stereocenters. The molecule has 0 aliphatic carbocycles. The number of nitrogens with zero attached hydrogens (tertiary/aromatic N) is 1. The van der Waals surface area contributed by atoms with Crippen molar-refractivity contribution < 1.29 is 13.2 Å².